The van der Waals surface area contributed by atoms with Gasteiger partial charge >= 0.3 is 0 Å². The molecular formula is C19H24N2O4S. The monoisotopic (exact) mass is 376 g/mol. The fourth-order valence-electron chi connectivity index (χ4n) is 2.41. The summed E-state index contributed by atoms with van der Waals surface area (Å²) in [5.74, 6) is -0.387. The molecule has 0 radical (unpaired) electrons. The van der Waals surface area contributed by atoms with Gasteiger partial charge in [-0.05, 0) is 31.0 Å². The van der Waals surface area contributed by atoms with Gasteiger partial charge in [-0.15, -0.1) is 0 Å². The van der Waals surface area contributed by atoms with Crippen LogP contribution in [0.15, 0.2) is 59.5 Å². The number of rotatable bonds is 9. The molecule has 0 unspecified atom stereocenters. The fraction of sp³-hybridized carbons (Fsp3) is 0.316. The van der Waals surface area contributed by atoms with Crippen LogP contribution in [0.5, 0.6) is 0 Å². The van der Waals surface area contributed by atoms with E-state index in [9.17, 15) is 13.2 Å². The van der Waals surface area contributed by atoms with Gasteiger partial charge in [-0.3, -0.25) is 4.79 Å². The van der Waals surface area contributed by atoms with E-state index in [0.29, 0.717) is 13.2 Å². The zero-order valence-electron chi connectivity index (χ0n) is 14.9. The predicted molar refractivity (Wildman–Crippen MR) is 100 cm³/mol. The molecule has 0 aliphatic heterocycles. The van der Waals surface area contributed by atoms with Gasteiger partial charge in [0, 0.05) is 13.7 Å². The van der Waals surface area contributed by atoms with Crippen molar-refractivity contribution in [3.63, 3.8) is 0 Å². The third kappa shape index (κ3) is 5.94. The molecule has 6 nitrogen and oxygen atoms in total. The maximum Gasteiger partial charge on any atom is 0.241 e. The summed E-state index contributed by atoms with van der Waals surface area (Å²) in [7, 11) is -2.28. The van der Waals surface area contributed by atoms with Crippen molar-refractivity contribution in [2.45, 2.75) is 24.3 Å². The first-order chi connectivity index (χ1) is 12.4. The molecule has 1 amide bonds. The molecule has 1 atom stereocenters. The molecule has 0 aliphatic rings. The summed E-state index contributed by atoms with van der Waals surface area (Å²) in [6.45, 7) is 2.55. The molecule has 0 bridgehead atoms. The standard InChI is InChI=1S/C19H24N2O4S/c1-15-8-10-17(11-9-15)26(23,24)21-18(19(22)20-12-13-25-2)14-16-6-4-3-5-7-16/h3-11,18,21H,12-14H2,1-2H3,(H,20,22)/t18-/m0/s1. The SMILES string of the molecule is COCCNC(=O)[C@H](Cc1ccccc1)NS(=O)(=O)c1ccc(C)cc1. The highest BCUT2D eigenvalue weighted by atomic mass is 32.2. The molecule has 0 aromatic heterocycles. The van der Waals surface area contributed by atoms with E-state index < -0.39 is 16.1 Å². The van der Waals surface area contributed by atoms with E-state index in [1.807, 2.05) is 37.3 Å². The Labute approximate surface area is 154 Å². The number of carbonyl (C=O) groups excluding carboxylic acids is 1. The Morgan fingerprint density at radius 2 is 1.73 bits per heavy atom. The van der Waals surface area contributed by atoms with Gasteiger partial charge < -0.3 is 10.1 Å². The van der Waals surface area contributed by atoms with Crippen molar-refractivity contribution in [3.8, 4) is 0 Å². The van der Waals surface area contributed by atoms with Gasteiger partial charge in [-0.2, -0.15) is 4.72 Å². The van der Waals surface area contributed by atoms with Crippen molar-refractivity contribution in [3.05, 3.63) is 65.7 Å². The van der Waals surface area contributed by atoms with Gasteiger partial charge in [0.2, 0.25) is 15.9 Å². The van der Waals surface area contributed by atoms with Crippen molar-refractivity contribution < 1.29 is 17.9 Å². The number of ether oxygens (including phenoxy) is 1. The van der Waals surface area contributed by atoms with Crippen molar-refractivity contribution in [1.82, 2.24) is 10.0 Å². The van der Waals surface area contributed by atoms with Crippen molar-refractivity contribution in [2.24, 2.45) is 0 Å². The highest BCUT2D eigenvalue weighted by molar-refractivity contribution is 7.89. The molecule has 0 aliphatic carbocycles. The zero-order chi connectivity index (χ0) is 19.0. The molecule has 2 N–H and O–H groups in total. The van der Waals surface area contributed by atoms with Crippen molar-refractivity contribution in [1.29, 1.82) is 0 Å². The molecule has 2 rings (SSSR count). The molecular weight excluding hydrogens is 352 g/mol. The molecule has 0 spiro atoms. The first-order valence-corrected chi connectivity index (χ1v) is 9.80. The first-order valence-electron chi connectivity index (χ1n) is 8.32. The highest BCUT2D eigenvalue weighted by Gasteiger charge is 2.25. The lowest BCUT2D eigenvalue weighted by molar-refractivity contribution is -0.122. The lowest BCUT2D eigenvalue weighted by atomic mass is 10.1. The van der Waals surface area contributed by atoms with Crippen LogP contribution in [0, 0.1) is 6.92 Å². The smallest absolute Gasteiger partial charge is 0.241 e. The van der Waals surface area contributed by atoms with Crippen LogP contribution in [0.4, 0.5) is 0 Å². The van der Waals surface area contributed by atoms with Crippen LogP contribution in [0.2, 0.25) is 0 Å². The Balaban J connectivity index is 2.19. The van der Waals surface area contributed by atoms with Crippen LogP contribution in [0.25, 0.3) is 0 Å². The van der Waals surface area contributed by atoms with E-state index in [0.717, 1.165) is 11.1 Å². The maximum atomic E-state index is 12.7. The molecule has 7 heteroatoms. The van der Waals surface area contributed by atoms with Crippen LogP contribution < -0.4 is 10.0 Å². The largest absolute Gasteiger partial charge is 0.383 e. The van der Waals surface area contributed by atoms with Crippen molar-refractivity contribution in [2.75, 3.05) is 20.3 Å². The fourth-order valence-corrected chi connectivity index (χ4v) is 3.61. The molecule has 26 heavy (non-hydrogen) atoms. The van der Waals surface area contributed by atoms with Crippen LogP contribution in [0.3, 0.4) is 0 Å². The molecule has 2 aromatic rings. The average molecular weight is 376 g/mol. The Morgan fingerprint density at radius 3 is 2.35 bits per heavy atom. The van der Waals surface area contributed by atoms with Gasteiger partial charge in [0.05, 0.1) is 11.5 Å². The van der Waals surface area contributed by atoms with Crippen LogP contribution >= 0.6 is 0 Å². The molecule has 0 saturated carbocycles. The van der Waals surface area contributed by atoms with Crippen molar-refractivity contribution >= 4 is 15.9 Å². The van der Waals surface area contributed by atoms with Gasteiger partial charge in [0.25, 0.3) is 0 Å². The number of carbonyl (C=O) groups is 1. The quantitative estimate of drug-likeness (QED) is 0.652. The Hall–Kier alpha value is -2.22. The Bertz CT molecular complexity index is 805. The lowest BCUT2D eigenvalue weighted by Gasteiger charge is -2.19. The van der Waals surface area contributed by atoms with E-state index in [4.69, 9.17) is 4.74 Å². The average Bonchev–Trinajstić information content (AvgIpc) is 2.62. The Kier molecular flexibility index (Phi) is 7.32. The second-order valence-electron chi connectivity index (χ2n) is 5.96. The third-order valence-electron chi connectivity index (χ3n) is 3.83. The van der Waals surface area contributed by atoms with Gasteiger partial charge in [0.1, 0.15) is 6.04 Å². The normalized spacial score (nSPS) is 12.5. The molecule has 0 saturated heterocycles. The van der Waals surface area contributed by atoms with E-state index in [1.54, 1.807) is 12.1 Å². The van der Waals surface area contributed by atoms with Gasteiger partial charge in [0.15, 0.2) is 0 Å². The number of hydrogen-bond donors (Lipinski definition) is 2. The number of hydrogen-bond acceptors (Lipinski definition) is 4. The summed E-state index contributed by atoms with van der Waals surface area (Å²) in [5, 5.41) is 2.70. The van der Waals surface area contributed by atoms with Gasteiger partial charge in [-0.1, -0.05) is 48.0 Å². The minimum atomic E-state index is -3.81. The summed E-state index contributed by atoms with van der Waals surface area (Å²) in [5.41, 5.74) is 1.83. The molecule has 0 fully saturated rings. The minimum absolute atomic E-state index is 0.130. The maximum absolute atomic E-state index is 12.7. The topological polar surface area (TPSA) is 84.5 Å². The lowest BCUT2D eigenvalue weighted by Crippen LogP contribution is -2.48. The van der Waals surface area contributed by atoms with Gasteiger partial charge in [-0.25, -0.2) is 8.42 Å². The summed E-state index contributed by atoms with van der Waals surface area (Å²) >= 11 is 0. The predicted octanol–water partition coefficient (Wildman–Crippen LogP) is 1.65. The number of sulfonamides is 1. The Morgan fingerprint density at radius 1 is 1.08 bits per heavy atom. The second-order valence-corrected chi connectivity index (χ2v) is 7.67. The number of amides is 1. The second kappa shape index (κ2) is 9.47. The van der Waals surface area contributed by atoms with Crippen LogP contribution in [0.1, 0.15) is 11.1 Å². The van der Waals surface area contributed by atoms with E-state index in [1.165, 1.54) is 19.2 Å². The molecule has 0 heterocycles. The van der Waals surface area contributed by atoms with E-state index >= 15 is 0 Å². The third-order valence-corrected chi connectivity index (χ3v) is 5.32. The van der Waals surface area contributed by atoms with Crippen LogP contribution in [-0.4, -0.2) is 40.6 Å². The number of nitrogens with one attached hydrogen (secondary N) is 2. The number of benzene rings is 2. The highest BCUT2D eigenvalue weighted by Crippen LogP contribution is 2.12. The minimum Gasteiger partial charge on any atom is -0.383 e. The summed E-state index contributed by atoms with van der Waals surface area (Å²) in [6.07, 6.45) is 0.255. The van der Waals surface area contributed by atoms with E-state index in [2.05, 4.69) is 10.0 Å². The summed E-state index contributed by atoms with van der Waals surface area (Å²) in [4.78, 5) is 12.6. The molecule has 140 valence electrons. The number of aryl methyl sites for hydroxylation is 1. The number of methoxy groups -OCH3 is 1. The van der Waals surface area contributed by atoms with E-state index in [-0.39, 0.29) is 17.2 Å². The zero-order valence-corrected chi connectivity index (χ0v) is 15.8. The van der Waals surface area contributed by atoms with Crippen LogP contribution in [-0.2, 0) is 26.0 Å². The summed E-state index contributed by atoms with van der Waals surface area (Å²) in [6, 6.07) is 14.9. The first kappa shape index (κ1) is 20.1. The summed E-state index contributed by atoms with van der Waals surface area (Å²) < 4.78 is 32.8. The molecule has 2 aromatic carbocycles.